The van der Waals surface area contributed by atoms with Crippen LogP contribution in [0, 0.1) is 17.0 Å². The van der Waals surface area contributed by atoms with Crippen LogP contribution in [0.5, 0.6) is 0 Å². The monoisotopic (exact) mass is 278 g/mol. The molecule has 1 fully saturated rings. The van der Waals surface area contributed by atoms with Crippen LogP contribution in [0.25, 0.3) is 0 Å². The first-order valence-electron chi connectivity index (χ1n) is 7.11. The van der Waals surface area contributed by atoms with E-state index < -0.39 is 0 Å². The van der Waals surface area contributed by atoms with Crippen molar-refractivity contribution in [3.63, 3.8) is 0 Å². The van der Waals surface area contributed by atoms with Crippen molar-refractivity contribution in [1.29, 1.82) is 0 Å². The maximum atomic E-state index is 10.9. The van der Waals surface area contributed by atoms with Gasteiger partial charge in [0.05, 0.1) is 11.0 Å². The number of likely N-dealkylation sites (N-methyl/N-ethyl adjacent to an activating group) is 1. The number of nitro benzene ring substituents is 1. The summed E-state index contributed by atoms with van der Waals surface area (Å²) >= 11 is 0. The van der Waals surface area contributed by atoms with Gasteiger partial charge in [-0.15, -0.1) is 0 Å². The molecule has 1 unspecified atom stereocenters. The van der Waals surface area contributed by atoms with Gasteiger partial charge in [0.25, 0.3) is 5.69 Å². The van der Waals surface area contributed by atoms with Crippen LogP contribution in [0.1, 0.15) is 30.4 Å². The Kier molecular flexibility index (Phi) is 5.09. The fourth-order valence-corrected chi connectivity index (χ4v) is 2.69. The van der Waals surface area contributed by atoms with Crippen LogP contribution in [-0.2, 0) is 11.3 Å². The van der Waals surface area contributed by atoms with Gasteiger partial charge in [-0.3, -0.25) is 15.0 Å². The molecule has 1 aliphatic rings. The lowest BCUT2D eigenvalue weighted by molar-refractivity contribution is -0.385. The average Bonchev–Trinajstić information content (AvgIpc) is 2.42. The molecule has 2 rings (SSSR count). The molecule has 1 heterocycles. The van der Waals surface area contributed by atoms with E-state index in [0.717, 1.165) is 37.1 Å². The molecule has 20 heavy (non-hydrogen) atoms. The maximum Gasteiger partial charge on any atom is 0.272 e. The minimum absolute atomic E-state index is 0.199. The van der Waals surface area contributed by atoms with Crippen LogP contribution in [0.15, 0.2) is 18.2 Å². The Balaban J connectivity index is 1.98. The maximum absolute atomic E-state index is 10.9. The highest BCUT2D eigenvalue weighted by atomic mass is 16.6. The lowest BCUT2D eigenvalue weighted by atomic mass is 10.1. The minimum atomic E-state index is -0.316. The third kappa shape index (κ3) is 3.77. The lowest BCUT2D eigenvalue weighted by Crippen LogP contribution is -2.33. The SMILES string of the molecule is Cc1c(CN(C)CC2CCCCO2)cccc1[N+](=O)[O-]. The lowest BCUT2D eigenvalue weighted by Gasteiger charge is -2.27. The highest BCUT2D eigenvalue weighted by Crippen LogP contribution is 2.22. The smallest absolute Gasteiger partial charge is 0.272 e. The first kappa shape index (κ1) is 14.9. The van der Waals surface area contributed by atoms with E-state index in [1.807, 2.05) is 20.0 Å². The van der Waals surface area contributed by atoms with Gasteiger partial charge in [-0.25, -0.2) is 0 Å². The summed E-state index contributed by atoms with van der Waals surface area (Å²) in [4.78, 5) is 12.8. The largest absolute Gasteiger partial charge is 0.377 e. The van der Waals surface area contributed by atoms with E-state index >= 15 is 0 Å². The molecule has 1 aromatic rings. The average molecular weight is 278 g/mol. The van der Waals surface area contributed by atoms with Gasteiger partial charge in [-0.2, -0.15) is 0 Å². The zero-order valence-corrected chi connectivity index (χ0v) is 12.2. The molecule has 0 aromatic heterocycles. The van der Waals surface area contributed by atoms with E-state index in [0.29, 0.717) is 12.6 Å². The second kappa shape index (κ2) is 6.81. The highest BCUT2D eigenvalue weighted by Gasteiger charge is 2.18. The molecule has 0 aliphatic carbocycles. The number of nitro groups is 1. The fourth-order valence-electron chi connectivity index (χ4n) is 2.69. The Morgan fingerprint density at radius 2 is 2.25 bits per heavy atom. The molecular formula is C15H22N2O3. The van der Waals surface area contributed by atoms with Gasteiger partial charge >= 0.3 is 0 Å². The van der Waals surface area contributed by atoms with Gasteiger partial charge in [0.2, 0.25) is 0 Å². The van der Waals surface area contributed by atoms with Crippen LogP contribution in [-0.4, -0.2) is 36.1 Å². The topological polar surface area (TPSA) is 55.6 Å². The first-order chi connectivity index (χ1) is 9.58. The predicted molar refractivity (Wildman–Crippen MR) is 77.8 cm³/mol. The van der Waals surface area contributed by atoms with E-state index in [-0.39, 0.29) is 10.6 Å². The van der Waals surface area contributed by atoms with Gasteiger partial charge in [0.1, 0.15) is 0 Å². The second-order valence-corrected chi connectivity index (χ2v) is 5.50. The predicted octanol–water partition coefficient (Wildman–Crippen LogP) is 2.90. The molecule has 0 bridgehead atoms. The molecule has 1 aromatic carbocycles. The molecule has 0 saturated carbocycles. The standard InChI is InChI=1S/C15H22N2O3/c1-12-13(6-5-8-15(12)17(18)19)10-16(2)11-14-7-3-4-9-20-14/h5-6,8,14H,3-4,7,9-11H2,1-2H3. The van der Waals surface area contributed by atoms with Gasteiger partial charge < -0.3 is 4.74 Å². The quantitative estimate of drug-likeness (QED) is 0.614. The summed E-state index contributed by atoms with van der Waals surface area (Å²) < 4.78 is 5.73. The summed E-state index contributed by atoms with van der Waals surface area (Å²) in [6.45, 7) is 4.27. The molecule has 1 saturated heterocycles. The molecule has 5 nitrogen and oxygen atoms in total. The van der Waals surface area contributed by atoms with E-state index in [9.17, 15) is 10.1 Å². The summed E-state index contributed by atoms with van der Waals surface area (Å²) in [6.07, 6.45) is 3.80. The van der Waals surface area contributed by atoms with Crippen molar-refractivity contribution in [2.75, 3.05) is 20.2 Å². The molecular weight excluding hydrogens is 256 g/mol. The van der Waals surface area contributed by atoms with Crippen LogP contribution in [0.2, 0.25) is 0 Å². The summed E-state index contributed by atoms with van der Waals surface area (Å²) in [7, 11) is 2.04. The zero-order chi connectivity index (χ0) is 14.5. The van der Waals surface area contributed by atoms with Crippen molar-refractivity contribution in [3.8, 4) is 0 Å². The van der Waals surface area contributed by atoms with Crippen molar-refractivity contribution < 1.29 is 9.66 Å². The van der Waals surface area contributed by atoms with Crippen molar-refractivity contribution in [1.82, 2.24) is 4.90 Å². The number of ether oxygens (including phenoxy) is 1. The minimum Gasteiger partial charge on any atom is -0.377 e. The number of rotatable bonds is 5. The van der Waals surface area contributed by atoms with E-state index in [1.165, 1.54) is 6.42 Å². The van der Waals surface area contributed by atoms with Crippen LogP contribution < -0.4 is 0 Å². The van der Waals surface area contributed by atoms with Crippen LogP contribution in [0.4, 0.5) is 5.69 Å². The van der Waals surface area contributed by atoms with Crippen molar-refractivity contribution >= 4 is 5.69 Å². The molecule has 0 amide bonds. The number of hydrogen-bond donors (Lipinski definition) is 0. The van der Waals surface area contributed by atoms with E-state index in [2.05, 4.69) is 4.90 Å². The highest BCUT2D eigenvalue weighted by molar-refractivity contribution is 5.44. The Morgan fingerprint density at radius 3 is 2.90 bits per heavy atom. The number of nitrogens with zero attached hydrogens (tertiary/aromatic N) is 2. The Morgan fingerprint density at radius 1 is 1.45 bits per heavy atom. The molecule has 1 atom stereocenters. The van der Waals surface area contributed by atoms with E-state index in [4.69, 9.17) is 4.74 Å². The van der Waals surface area contributed by atoms with Crippen molar-refractivity contribution in [2.24, 2.45) is 0 Å². The van der Waals surface area contributed by atoms with Gasteiger partial charge in [0.15, 0.2) is 0 Å². The Bertz CT molecular complexity index is 470. The normalized spacial score (nSPS) is 19.2. The number of hydrogen-bond acceptors (Lipinski definition) is 4. The fraction of sp³-hybridized carbons (Fsp3) is 0.600. The molecule has 110 valence electrons. The Labute approximate surface area is 119 Å². The van der Waals surface area contributed by atoms with Crippen LogP contribution in [0.3, 0.4) is 0 Å². The first-order valence-corrected chi connectivity index (χ1v) is 7.11. The van der Waals surface area contributed by atoms with Gasteiger partial charge in [0, 0.05) is 31.3 Å². The molecule has 5 heteroatoms. The third-order valence-electron chi connectivity index (χ3n) is 3.84. The summed E-state index contributed by atoms with van der Waals surface area (Å²) in [5, 5.41) is 10.9. The third-order valence-corrected chi connectivity index (χ3v) is 3.84. The van der Waals surface area contributed by atoms with E-state index in [1.54, 1.807) is 12.1 Å². The summed E-state index contributed by atoms with van der Waals surface area (Å²) in [6, 6.07) is 5.27. The van der Waals surface area contributed by atoms with Gasteiger partial charge in [-0.05, 0) is 38.8 Å². The van der Waals surface area contributed by atoms with Crippen LogP contribution >= 0.6 is 0 Å². The van der Waals surface area contributed by atoms with Crippen molar-refractivity contribution in [3.05, 3.63) is 39.4 Å². The van der Waals surface area contributed by atoms with Crippen molar-refractivity contribution in [2.45, 2.75) is 38.8 Å². The number of benzene rings is 1. The molecule has 0 spiro atoms. The molecule has 1 aliphatic heterocycles. The molecule has 0 radical (unpaired) electrons. The summed E-state index contributed by atoms with van der Waals surface area (Å²) in [5.74, 6) is 0. The zero-order valence-electron chi connectivity index (χ0n) is 12.2. The Hall–Kier alpha value is -1.46. The van der Waals surface area contributed by atoms with Gasteiger partial charge in [-0.1, -0.05) is 12.1 Å². The molecule has 0 N–H and O–H groups in total. The second-order valence-electron chi connectivity index (χ2n) is 5.50. The summed E-state index contributed by atoms with van der Waals surface area (Å²) in [5.41, 5.74) is 1.97.